The molecule has 138 valence electrons. The van der Waals surface area contributed by atoms with E-state index in [4.69, 9.17) is 0 Å². The molecule has 0 saturated carbocycles. The second kappa shape index (κ2) is 5.98. The highest BCUT2D eigenvalue weighted by Crippen LogP contribution is 2.37. The minimum absolute atomic E-state index is 0.210. The number of hydrogen-bond acceptors (Lipinski definition) is 5. The van der Waals surface area contributed by atoms with Gasteiger partial charge in [0.25, 0.3) is 11.5 Å². The molecule has 3 heterocycles. The number of fused-ring (bicyclic) bond motifs is 4. The fourth-order valence-electron chi connectivity index (χ4n) is 3.48. The number of carboxylic acids is 1. The number of carboxylic acid groups (broad SMARTS) is 1. The highest BCUT2D eigenvalue weighted by Gasteiger charge is 2.35. The Balaban J connectivity index is 1.88. The average Bonchev–Trinajstić information content (AvgIpc) is 3.25. The Morgan fingerprint density at radius 2 is 1.96 bits per heavy atom. The van der Waals surface area contributed by atoms with Crippen molar-refractivity contribution in [3.63, 3.8) is 0 Å². The molecule has 4 aromatic rings. The number of imidazole rings is 1. The summed E-state index contributed by atoms with van der Waals surface area (Å²) in [6.45, 7) is -0.476. The van der Waals surface area contributed by atoms with Crippen LogP contribution in [0.15, 0.2) is 51.7 Å². The van der Waals surface area contributed by atoms with Crippen LogP contribution in [-0.4, -0.2) is 32.9 Å². The van der Waals surface area contributed by atoms with Gasteiger partial charge in [-0.1, -0.05) is 39.4 Å². The minimum atomic E-state index is -1.13. The van der Waals surface area contributed by atoms with E-state index >= 15 is 0 Å². The SMILES string of the molecule is O=C(O)CN1C(=O)/C(=c2\sc3nc4ccccc4n3c2=O)c2cc(Br)ccc21. The molecule has 2 aromatic carbocycles. The number of aromatic nitrogens is 2. The predicted octanol–water partition coefficient (Wildman–Crippen LogP) is 2.02. The molecule has 0 aliphatic carbocycles. The van der Waals surface area contributed by atoms with E-state index in [0.29, 0.717) is 27.2 Å². The van der Waals surface area contributed by atoms with Gasteiger partial charge in [0.2, 0.25) is 0 Å². The molecule has 0 atom stereocenters. The first-order chi connectivity index (χ1) is 13.5. The van der Waals surface area contributed by atoms with Gasteiger partial charge >= 0.3 is 5.97 Å². The summed E-state index contributed by atoms with van der Waals surface area (Å²) in [5.74, 6) is -1.63. The number of amides is 1. The topological polar surface area (TPSA) is 92.0 Å². The number of rotatable bonds is 2. The largest absolute Gasteiger partial charge is 0.480 e. The van der Waals surface area contributed by atoms with Gasteiger partial charge in [-0.15, -0.1) is 0 Å². The molecule has 2 aromatic heterocycles. The van der Waals surface area contributed by atoms with E-state index in [9.17, 15) is 19.5 Å². The van der Waals surface area contributed by atoms with Crippen molar-refractivity contribution in [3.05, 3.63) is 67.4 Å². The van der Waals surface area contributed by atoms with Crippen molar-refractivity contribution in [1.29, 1.82) is 0 Å². The molecule has 5 rings (SSSR count). The second-order valence-corrected chi connectivity index (χ2v) is 8.17. The third-order valence-electron chi connectivity index (χ3n) is 4.62. The van der Waals surface area contributed by atoms with E-state index in [1.165, 1.54) is 9.30 Å². The van der Waals surface area contributed by atoms with E-state index in [-0.39, 0.29) is 15.7 Å². The third-order valence-corrected chi connectivity index (χ3v) is 6.15. The van der Waals surface area contributed by atoms with Crippen molar-refractivity contribution in [2.75, 3.05) is 11.4 Å². The van der Waals surface area contributed by atoms with Crippen molar-refractivity contribution in [2.24, 2.45) is 0 Å². The Morgan fingerprint density at radius 1 is 1.18 bits per heavy atom. The first-order valence-electron chi connectivity index (χ1n) is 8.23. The molecule has 28 heavy (non-hydrogen) atoms. The van der Waals surface area contributed by atoms with Gasteiger partial charge in [0, 0.05) is 10.0 Å². The number of thiazole rings is 1. The second-order valence-electron chi connectivity index (χ2n) is 6.28. The lowest BCUT2D eigenvalue weighted by Gasteiger charge is -2.13. The predicted molar refractivity (Wildman–Crippen MR) is 109 cm³/mol. The molecule has 0 fully saturated rings. The van der Waals surface area contributed by atoms with Gasteiger partial charge in [0.15, 0.2) is 4.96 Å². The normalized spacial score (nSPS) is 15.6. The van der Waals surface area contributed by atoms with Gasteiger partial charge in [-0.3, -0.25) is 19.3 Å². The molecule has 0 bridgehead atoms. The maximum absolute atomic E-state index is 13.2. The van der Waals surface area contributed by atoms with Gasteiger partial charge in [0.1, 0.15) is 11.1 Å². The molecule has 7 nitrogen and oxygen atoms in total. The van der Waals surface area contributed by atoms with Crippen molar-refractivity contribution in [3.8, 4) is 0 Å². The number of carbonyl (C=O) groups is 2. The van der Waals surface area contributed by atoms with Crippen molar-refractivity contribution < 1.29 is 14.7 Å². The fourth-order valence-corrected chi connectivity index (χ4v) is 4.92. The molecular weight excluding hydrogens is 446 g/mol. The highest BCUT2D eigenvalue weighted by atomic mass is 79.9. The number of benzene rings is 2. The number of aliphatic carboxylic acids is 1. The number of halogens is 1. The van der Waals surface area contributed by atoms with Crippen LogP contribution >= 0.6 is 27.3 Å². The molecule has 1 aliphatic heterocycles. The molecule has 1 aliphatic rings. The summed E-state index contributed by atoms with van der Waals surface area (Å²) in [6, 6.07) is 12.4. The Kier molecular flexibility index (Phi) is 3.65. The number of hydrogen-bond donors (Lipinski definition) is 1. The van der Waals surface area contributed by atoms with Crippen LogP contribution in [0.1, 0.15) is 5.56 Å². The molecular formula is C19H10BrN3O4S. The van der Waals surface area contributed by atoms with Crippen LogP contribution < -0.4 is 15.0 Å². The van der Waals surface area contributed by atoms with E-state index in [1.807, 2.05) is 18.2 Å². The van der Waals surface area contributed by atoms with Crippen LogP contribution in [0.3, 0.4) is 0 Å². The van der Waals surface area contributed by atoms with Crippen LogP contribution in [0.25, 0.3) is 21.6 Å². The molecule has 9 heteroatoms. The zero-order valence-corrected chi connectivity index (χ0v) is 16.5. The monoisotopic (exact) mass is 455 g/mol. The summed E-state index contributed by atoms with van der Waals surface area (Å²) in [5.41, 5.74) is 2.26. The standard InChI is InChI=1S/C19H10BrN3O4S/c20-9-5-6-12-10(7-9)15(17(26)22(12)8-14(24)25)16-18(27)23-13-4-2-1-3-11(13)21-19(23)28-16/h1-7H,8H2,(H,24,25)/b16-15-. The number of para-hydroxylation sites is 2. The zero-order chi connectivity index (χ0) is 19.6. The smallest absolute Gasteiger partial charge is 0.323 e. The summed E-state index contributed by atoms with van der Waals surface area (Å²) in [7, 11) is 0. The first kappa shape index (κ1) is 17.1. The summed E-state index contributed by atoms with van der Waals surface area (Å²) < 4.78 is 2.48. The van der Waals surface area contributed by atoms with E-state index in [0.717, 1.165) is 15.8 Å². The summed E-state index contributed by atoms with van der Waals surface area (Å²) in [4.78, 5) is 43.6. The quantitative estimate of drug-likeness (QED) is 0.499. The Bertz CT molecular complexity index is 1440. The van der Waals surface area contributed by atoms with Crippen molar-refractivity contribution in [2.45, 2.75) is 0 Å². The molecule has 0 unspecified atom stereocenters. The zero-order valence-electron chi connectivity index (χ0n) is 14.0. The summed E-state index contributed by atoms with van der Waals surface area (Å²) in [5, 5.41) is 9.20. The average molecular weight is 456 g/mol. The first-order valence-corrected chi connectivity index (χ1v) is 9.84. The Labute approximate surface area is 169 Å². The number of carbonyl (C=O) groups excluding carboxylic acids is 1. The van der Waals surface area contributed by atoms with Gasteiger partial charge in [0.05, 0.1) is 22.3 Å². The summed E-state index contributed by atoms with van der Waals surface area (Å²) in [6.07, 6.45) is 0. The van der Waals surface area contributed by atoms with Crippen molar-refractivity contribution in [1.82, 2.24) is 9.38 Å². The Morgan fingerprint density at radius 3 is 2.75 bits per heavy atom. The van der Waals surface area contributed by atoms with Gasteiger partial charge < -0.3 is 5.11 Å². The van der Waals surface area contributed by atoms with E-state index in [2.05, 4.69) is 20.9 Å². The van der Waals surface area contributed by atoms with Crippen LogP contribution in [-0.2, 0) is 9.59 Å². The highest BCUT2D eigenvalue weighted by molar-refractivity contribution is 9.10. The van der Waals surface area contributed by atoms with Gasteiger partial charge in [-0.25, -0.2) is 9.38 Å². The lowest BCUT2D eigenvalue weighted by molar-refractivity contribution is -0.136. The van der Waals surface area contributed by atoms with Gasteiger partial charge in [-0.05, 0) is 30.3 Å². The van der Waals surface area contributed by atoms with Crippen LogP contribution in [0.2, 0.25) is 0 Å². The van der Waals surface area contributed by atoms with E-state index < -0.39 is 18.4 Å². The fraction of sp³-hybridized carbons (Fsp3) is 0.0526. The maximum atomic E-state index is 13.2. The lowest BCUT2D eigenvalue weighted by Crippen LogP contribution is -2.35. The number of anilines is 1. The molecule has 0 saturated heterocycles. The Hall–Kier alpha value is -3.04. The molecule has 1 amide bonds. The van der Waals surface area contributed by atoms with Gasteiger partial charge in [-0.2, -0.15) is 0 Å². The van der Waals surface area contributed by atoms with Crippen LogP contribution in [0.4, 0.5) is 5.69 Å². The maximum Gasteiger partial charge on any atom is 0.323 e. The van der Waals surface area contributed by atoms with Crippen molar-refractivity contribution >= 4 is 66.4 Å². The number of nitrogens with zero attached hydrogens (tertiary/aromatic N) is 3. The molecule has 1 N–H and O–H groups in total. The third kappa shape index (κ3) is 2.33. The molecule has 0 spiro atoms. The summed E-state index contributed by atoms with van der Waals surface area (Å²) >= 11 is 4.52. The lowest BCUT2D eigenvalue weighted by atomic mass is 10.1. The van der Waals surface area contributed by atoms with Crippen LogP contribution in [0, 0.1) is 0 Å². The van der Waals surface area contributed by atoms with E-state index in [1.54, 1.807) is 24.3 Å². The minimum Gasteiger partial charge on any atom is -0.480 e. The van der Waals surface area contributed by atoms with Crippen LogP contribution in [0.5, 0.6) is 0 Å². The molecule has 0 radical (unpaired) electrons.